The molecule has 9 heteroatoms. The Kier molecular flexibility index (Phi) is 8.68. The summed E-state index contributed by atoms with van der Waals surface area (Å²) in [5.74, 6) is 0.186. The Labute approximate surface area is 269 Å². The number of thiazole rings is 1. The Balaban J connectivity index is 1.54. The van der Waals surface area contributed by atoms with Gasteiger partial charge in [0.05, 0.1) is 41.1 Å². The van der Waals surface area contributed by atoms with Crippen LogP contribution in [-0.2, 0) is 14.3 Å². The van der Waals surface area contributed by atoms with Gasteiger partial charge >= 0.3 is 11.9 Å². The first kappa shape index (κ1) is 30.7. The number of carbonyl (C=O) groups excluding carboxylic acids is 2. The van der Waals surface area contributed by atoms with E-state index < -0.39 is 18.0 Å². The highest BCUT2D eigenvalue weighted by atomic mass is 32.1. The van der Waals surface area contributed by atoms with Gasteiger partial charge in [-0.15, -0.1) is 0 Å². The Morgan fingerprint density at radius 2 is 1.67 bits per heavy atom. The van der Waals surface area contributed by atoms with Crippen molar-refractivity contribution in [3.8, 4) is 11.3 Å². The van der Waals surface area contributed by atoms with Gasteiger partial charge < -0.3 is 13.9 Å². The van der Waals surface area contributed by atoms with E-state index in [0.717, 1.165) is 16.7 Å². The van der Waals surface area contributed by atoms with Crippen molar-refractivity contribution in [2.24, 2.45) is 4.99 Å². The van der Waals surface area contributed by atoms with Crippen LogP contribution in [-0.4, -0.2) is 30.2 Å². The molecule has 5 aromatic rings. The molecule has 0 saturated heterocycles. The Morgan fingerprint density at radius 1 is 0.957 bits per heavy atom. The first-order valence-electron chi connectivity index (χ1n) is 15.0. The van der Waals surface area contributed by atoms with Crippen molar-refractivity contribution in [2.45, 2.75) is 32.7 Å². The summed E-state index contributed by atoms with van der Waals surface area (Å²) in [5.41, 5.74) is 4.04. The molecule has 6 rings (SSSR count). The fourth-order valence-electron chi connectivity index (χ4n) is 5.51. The van der Waals surface area contributed by atoms with E-state index in [1.807, 2.05) is 54.6 Å². The van der Waals surface area contributed by atoms with Crippen LogP contribution in [0.4, 0.5) is 0 Å². The van der Waals surface area contributed by atoms with Gasteiger partial charge in [0.2, 0.25) is 0 Å². The molecule has 2 aromatic heterocycles. The van der Waals surface area contributed by atoms with Crippen LogP contribution in [0.15, 0.2) is 111 Å². The number of carbonyl (C=O) groups is 2. The average Bonchev–Trinajstić information content (AvgIpc) is 3.67. The van der Waals surface area contributed by atoms with Crippen LogP contribution in [0.1, 0.15) is 65.5 Å². The third-order valence-electron chi connectivity index (χ3n) is 7.79. The largest absolute Gasteiger partial charge is 0.465 e. The molecule has 0 radical (unpaired) electrons. The van der Waals surface area contributed by atoms with Crippen LogP contribution in [0.25, 0.3) is 23.1 Å². The highest BCUT2D eigenvalue weighted by molar-refractivity contribution is 7.07. The molecule has 0 amide bonds. The van der Waals surface area contributed by atoms with Crippen molar-refractivity contribution in [2.75, 3.05) is 13.7 Å². The SMILES string of the molecule is CCOC(=O)C1=C(c2ccccc2)N=c2s/c(=C/c3ccc(-c4ccccc4C(=O)OC)o3)c(=O)n2[C@@H]1c1ccc(C(C)C)cc1. The molecule has 0 unspecified atom stereocenters. The number of benzene rings is 3. The van der Waals surface area contributed by atoms with Gasteiger partial charge in [-0.1, -0.05) is 98.0 Å². The van der Waals surface area contributed by atoms with E-state index in [4.69, 9.17) is 18.9 Å². The minimum absolute atomic E-state index is 0.174. The zero-order valence-electron chi connectivity index (χ0n) is 25.9. The lowest BCUT2D eigenvalue weighted by Crippen LogP contribution is -2.40. The molecular weight excluding hydrogens is 600 g/mol. The van der Waals surface area contributed by atoms with Gasteiger partial charge in [0.1, 0.15) is 11.5 Å². The van der Waals surface area contributed by atoms with E-state index in [2.05, 4.69) is 13.8 Å². The van der Waals surface area contributed by atoms with Crippen molar-refractivity contribution in [1.82, 2.24) is 4.57 Å². The van der Waals surface area contributed by atoms with Crippen LogP contribution < -0.4 is 14.9 Å². The summed E-state index contributed by atoms with van der Waals surface area (Å²) in [7, 11) is 1.33. The number of aromatic nitrogens is 1. The van der Waals surface area contributed by atoms with Gasteiger partial charge in [-0.3, -0.25) is 9.36 Å². The van der Waals surface area contributed by atoms with Crippen molar-refractivity contribution >= 4 is 35.0 Å². The Bertz CT molecular complexity index is 2140. The maximum atomic E-state index is 14.2. The minimum atomic E-state index is -0.770. The molecule has 0 aliphatic carbocycles. The number of esters is 2. The summed E-state index contributed by atoms with van der Waals surface area (Å²) in [6, 6.07) is 27.1. The highest BCUT2D eigenvalue weighted by Crippen LogP contribution is 2.35. The van der Waals surface area contributed by atoms with Crippen LogP contribution >= 0.6 is 11.3 Å². The van der Waals surface area contributed by atoms with Crippen molar-refractivity contribution in [3.63, 3.8) is 0 Å². The zero-order valence-corrected chi connectivity index (χ0v) is 26.7. The van der Waals surface area contributed by atoms with E-state index in [0.29, 0.717) is 49.2 Å². The molecule has 0 N–H and O–H groups in total. The average molecular weight is 633 g/mol. The second kappa shape index (κ2) is 13.0. The van der Waals surface area contributed by atoms with E-state index >= 15 is 0 Å². The van der Waals surface area contributed by atoms with Crippen molar-refractivity contribution in [1.29, 1.82) is 0 Å². The molecule has 1 aliphatic rings. The first-order valence-corrected chi connectivity index (χ1v) is 15.8. The fraction of sp³-hybridized carbons (Fsp3) is 0.189. The third kappa shape index (κ3) is 5.77. The van der Waals surface area contributed by atoms with Crippen molar-refractivity contribution in [3.05, 3.63) is 144 Å². The van der Waals surface area contributed by atoms with E-state index in [9.17, 15) is 14.4 Å². The maximum absolute atomic E-state index is 14.2. The molecule has 1 atom stereocenters. The summed E-state index contributed by atoms with van der Waals surface area (Å²) >= 11 is 1.21. The summed E-state index contributed by atoms with van der Waals surface area (Å²) in [4.78, 5) is 45.6. The molecule has 8 nitrogen and oxygen atoms in total. The molecule has 3 aromatic carbocycles. The summed E-state index contributed by atoms with van der Waals surface area (Å²) in [5, 5.41) is 0. The van der Waals surface area contributed by atoms with Gasteiger partial charge in [-0.25, -0.2) is 14.6 Å². The molecule has 0 saturated carbocycles. The van der Waals surface area contributed by atoms with E-state index in [1.54, 1.807) is 54.0 Å². The quantitative estimate of drug-likeness (QED) is 0.192. The van der Waals surface area contributed by atoms with Gasteiger partial charge in [-0.05, 0) is 42.2 Å². The third-order valence-corrected chi connectivity index (χ3v) is 8.77. The van der Waals surface area contributed by atoms with Crippen LogP contribution in [0.5, 0.6) is 0 Å². The number of ether oxygens (including phenoxy) is 2. The molecule has 3 heterocycles. The van der Waals surface area contributed by atoms with Gasteiger partial charge in [0, 0.05) is 17.2 Å². The molecule has 0 spiro atoms. The molecule has 232 valence electrons. The summed E-state index contributed by atoms with van der Waals surface area (Å²) in [6.45, 7) is 6.16. The molecule has 46 heavy (non-hydrogen) atoms. The van der Waals surface area contributed by atoms with E-state index in [-0.39, 0.29) is 12.2 Å². The van der Waals surface area contributed by atoms with Crippen LogP contribution in [0, 0.1) is 0 Å². The second-order valence-corrected chi connectivity index (χ2v) is 12.0. The summed E-state index contributed by atoms with van der Waals surface area (Å²) < 4.78 is 18.5. The van der Waals surface area contributed by atoms with Gasteiger partial charge in [-0.2, -0.15) is 0 Å². The number of fused-ring (bicyclic) bond motifs is 1. The fourth-order valence-corrected chi connectivity index (χ4v) is 6.49. The molecule has 1 aliphatic heterocycles. The molecule has 0 bridgehead atoms. The predicted octanol–water partition coefficient (Wildman–Crippen LogP) is 6.11. The number of methoxy groups -OCH3 is 1. The van der Waals surface area contributed by atoms with Crippen molar-refractivity contribution < 1.29 is 23.5 Å². The van der Waals surface area contributed by atoms with Gasteiger partial charge in [0.15, 0.2) is 4.80 Å². The number of hydrogen-bond donors (Lipinski definition) is 0. The zero-order chi connectivity index (χ0) is 32.4. The second-order valence-electron chi connectivity index (χ2n) is 11.0. The van der Waals surface area contributed by atoms with Crippen LogP contribution in [0.2, 0.25) is 0 Å². The normalized spacial score (nSPS) is 14.6. The topological polar surface area (TPSA) is 100 Å². The number of furan rings is 1. The lowest BCUT2D eigenvalue weighted by Gasteiger charge is -2.26. The Morgan fingerprint density at radius 3 is 2.37 bits per heavy atom. The predicted molar refractivity (Wildman–Crippen MR) is 177 cm³/mol. The number of rotatable bonds is 8. The molecular formula is C37H32N2O6S. The first-order chi connectivity index (χ1) is 22.3. The lowest BCUT2D eigenvalue weighted by atomic mass is 9.91. The van der Waals surface area contributed by atoms with Gasteiger partial charge in [0.25, 0.3) is 5.56 Å². The maximum Gasteiger partial charge on any atom is 0.338 e. The highest BCUT2D eigenvalue weighted by Gasteiger charge is 2.35. The van der Waals surface area contributed by atoms with Crippen LogP contribution in [0.3, 0.4) is 0 Å². The number of nitrogens with zero attached hydrogens (tertiary/aromatic N) is 2. The molecule has 0 fully saturated rings. The standard InChI is InChI=1S/C37H32N2O6S/c1-5-44-36(42)31-32(24-11-7-6-8-12-24)38-37-39(33(31)25-17-15-23(16-18-25)22(2)3)34(40)30(46-37)21-26-19-20-29(45-26)27-13-9-10-14-28(27)35(41)43-4/h6-22,33H,5H2,1-4H3/b30-21+/t33-/m1/s1. The minimum Gasteiger partial charge on any atom is -0.465 e. The lowest BCUT2D eigenvalue weighted by molar-refractivity contribution is -0.138. The van der Waals surface area contributed by atoms with E-state index in [1.165, 1.54) is 18.4 Å². The Hall–Kier alpha value is -5.28. The monoisotopic (exact) mass is 632 g/mol. The number of hydrogen-bond acceptors (Lipinski definition) is 8. The smallest absolute Gasteiger partial charge is 0.338 e. The summed E-state index contributed by atoms with van der Waals surface area (Å²) in [6.07, 6.45) is 1.66.